The number of aryl methyl sites for hydroxylation is 1. The lowest BCUT2D eigenvalue weighted by molar-refractivity contribution is -0.146. The van der Waals surface area contributed by atoms with E-state index in [-0.39, 0.29) is 6.42 Å². The summed E-state index contributed by atoms with van der Waals surface area (Å²) in [6.07, 6.45) is -1.46. The van der Waals surface area contributed by atoms with Crippen LogP contribution in [0.25, 0.3) is 0 Å². The molecule has 7 heteroatoms. The number of nitrogens with one attached hydrogen (secondary N) is 2. The summed E-state index contributed by atoms with van der Waals surface area (Å²) in [4.78, 5) is 38.2. The van der Waals surface area contributed by atoms with E-state index in [0.29, 0.717) is 11.1 Å². The summed E-state index contributed by atoms with van der Waals surface area (Å²) in [5.41, 5.74) is 2.76. The summed E-state index contributed by atoms with van der Waals surface area (Å²) < 4.78 is 4.87. The number of carbonyl (C=O) groups excluding carboxylic acids is 3. The zero-order chi connectivity index (χ0) is 24.5. The molecule has 0 radical (unpaired) electrons. The van der Waals surface area contributed by atoms with Crippen molar-refractivity contribution in [1.82, 2.24) is 10.6 Å². The van der Waals surface area contributed by atoms with Crippen molar-refractivity contribution < 1.29 is 24.2 Å². The van der Waals surface area contributed by atoms with Gasteiger partial charge >= 0.3 is 5.97 Å². The maximum Gasteiger partial charge on any atom is 0.328 e. The Balaban J connectivity index is 1.81. The fourth-order valence-corrected chi connectivity index (χ4v) is 3.62. The SMILES string of the molecule is COC(=O)[C@H](Cc1ccccc1C)NC(=O)[C@H](O)[C@@H](NC(=O)c1ccccc1)c1ccccc1. The predicted octanol–water partition coefficient (Wildman–Crippen LogP) is 2.73. The number of hydrogen-bond donors (Lipinski definition) is 3. The first kappa shape index (κ1) is 24.7. The molecule has 3 N–H and O–H groups in total. The molecule has 3 rings (SSSR count). The number of esters is 1. The molecule has 3 atom stereocenters. The Morgan fingerprint density at radius 3 is 2.06 bits per heavy atom. The monoisotopic (exact) mass is 460 g/mol. The van der Waals surface area contributed by atoms with E-state index in [9.17, 15) is 19.5 Å². The Kier molecular flexibility index (Phi) is 8.54. The summed E-state index contributed by atoms with van der Waals surface area (Å²) >= 11 is 0. The first-order valence-electron chi connectivity index (χ1n) is 10.9. The van der Waals surface area contributed by atoms with Crippen LogP contribution >= 0.6 is 0 Å². The van der Waals surface area contributed by atoms with E-state index in [2.05, 4.69) is 10.6 Å². The molecule has 0 fully saturated rings. The van der Waals surface area contributed by atoms with Gasteiger partial charge < -0.3 is 20.5 Å². The van der Waals surface area contributed by atoms with E-state index in [1.165, 1.54) is 7.11 Å². The highest BCUT2D eigenvalue weighted by Gasteiger charge is 2.32. The number of amides is 2. The van der Waals surface area contributed by atoms with Crippen LogP contribution in [0.4, 0.5) is 0 Å². The molecule has 34 heavy (non-hydrogen) atoms. The molecule has 0 aliphatic carbocycles. The van der Waals surface area contributed by atoms with Crippen molar-refractivity contribution in [1.29, 1.82) is 0 Å². The van der Waals surface area contributed by atoms with Crippen LogP contribution in [0.15, 0.2) is 84.9 Å². The van der Waals surface area contributed by atoms with Crippen molar-refractivity contribution in [2.24, 2.45) is 0 Å². The number of hydrogen-bond acceptors (Lipinski definition) is 5. The van der Waals surface area contributed by atoms with E-state index >= 15 is 0 Å². The second-order valence-corrected chi connectivity index (χ2v) is 7.89. The zero-order valence-corrected chi connectivity index (χ0v) is 19.1. The van der Waals surface area contributed by atoms with E-state index < -0.39 is 36.0 Å². The lowest BCUT2D eigenvalue weighted by Crippen LogP contribution is -2.51. The molecule has 176 valence electrons. The van der Waals surface area contributed by atoms with E-state index in [1.807, 2.05) is 31.2 Å². The molecule has 0 bridgehead atoms. The lowest BCUT2D eigenvalue weighted by atomic mass is 9.98. The number of ether oxygens (including phenoxy) is 1. The fraction of sp³-hybridized carbons (Fsp3) is 0.222. The van der Waals surface area contributed by atoms with Crippen LogP contribution in [0.3, 0.4) is 0 Å². The van der Waals surface area contributed by atoms with E-state index in [4.69, 9.17) is 4.74 Å². The minimum absolute atomic E-state index is 0.199. The lowest BCUT2D eigenvalue weighted by Gasteiger charge is -2.26. The van der Waals surface area contributed by atoms with E-state index in [0.717, 1.165) is 11.1 Å². The third kappa shape index (κ3) is 6.30. The van der Waals surface area contributed by atoms with Gasteiger partial charge in [-0.2, -0.15) is 0 Å². The Morgan fingerprint density at radius 1 is 0.853 bits per heavy atom. The smallest absolute Gasteiger partial charge is 0.328 e. The van der Waals surface area contributed by atoms with Gasteiger partial charge in [-0.15, -0.1) is 0 Å². The summed E-state index contributed by atoms with van der Waals surface area (Å²) in [7, 11) is 1.24. The van der Waals surface area contributed by atoms with Crippen molar-refractivity contribution in [3.05, 3.63) is 107 Å². The molecule has 0 heterocycles. The van der Waals surface area contributed by atoms with Gasteiger partial charge in [0, 0.05) is 12.0 Å². The van der Waals surface area contributed by atoms with Crippen molar-refractivity contribution in [3.63, 3.8) is 0 Å². The van der Waals surface area contributed by atoms with Crippen LogP contribution in [0.2, 0.25) is 0 Å². The Morgan fingerprint density at radius 2 is 1.44 bits per heavy atom. The van der Waals surface area contributed by atoms with Gasteiger partial charge in [-0.05, 0) is 35.7 Å². The average molecular weight is 461 g/mol. The molecule has 0 aromatic heterocycles. The van der Waals surface area contributed by atoms with Gasteiger partial charge in [0.05, 0.1) is 13.2 Å². The molecule has 3 aromatic carbocycles. The van der Waals surface area contributed by atoms with Crippen LogP contribution in [0.1, 0.15) is 33.1 Å². The Hall–Kier alpha value is -3.97. The topological polar surface area (TPSA) is 105 Å². The number of aliphatic hydroxyl groups is 1. The molecule has 0 unspecified atom stereocenters. The summed E-state index contributed by atoms with van der Waals surface area (Å²) in [6.45, 7) is 1.91. The molecule has 0 saturated heterocycles. The summed E-state index contributed by atoms with van der Waals surface area (Å²) in [5.74, 6) is -1.87. The number of benzene rings is 3. The Bertz CT molecular complexity index is 1120. The molecule has 0 spiro atoms. The largest absolute Gasteiger partial charge is 0.467 e. The maximum atomic E-state index is 13.1. The van der Waals surface area contributed by atoms with Crippen LogP contribution in [-0.4, -0.2) is 42.1 Å². The minimum atomic E-state index is -1.65. The van der Waals surface area contributed by atoms with Crippen LogP contribution < -0.4 is 10.6 Å². The van der Waals surface area contributed by atoms with Gasteiger partial charge in [0.25, 0.3) is 11.8 Å². The van der Waals surface area contributed by atoms with Gasteiger partial charge in [-0.25, -0.2) is 4.79 Å². The highest BCUT2D eigenvalue weighted by molar-refractivity contribution is 5.95. The van der Waals surface area contributed by atoms with Gasteiger partial charge in [-0.3, -0.25) is 9.59 Å². The Labute approximate surface area is 198 Å². The number of rotatable bonds is 9. The van der Waals surface area contributed by atoms with Gasteiger partial charge in [-0.1, -0.05) is 72.8 Å². The zero-order valence-electron chi connectivity index (χ0n) is 19.1. The molecule has 3 aromatic rings. The maximum absolute atomic E-state index is 13.1. The average Bonchev–Trinajstić information content (AvgIpc) is 2.88. The molecule has 0 aliphatic rings. The normalized spacial score (nSPS) is 13.3. The molecule has 2 amide bonds. The van der Waals surface area contributed by atoms with Crippen molar-refractivity contribution in [3.8, 4) is 0 Å². The number of carbonyl (C=O) groups is 3. The molecular formula is C27H28N2O5. The van der Waals surface area contributed by atoms with Crippen LogP contribution in [0.5, 0.6) is 0 Å². The highest BCUT2D eigenvalue weighted by Crippen LogP contribution is 2.19. The van der Waals surface area contributed by atoms with Gasteiger partial charge in [0.15, 0.2) is 6.10 Å². The minimum Gasteiger partial charge on any atom is -0.467 e. The standard InChI is InChI=1S/C27H28N2O5/c1-18-11-9-10-16-21(18)17-22(27(33)34-2)28-26(32)24(30)23(19-12-5-3-6-13-19)29-25(31)20-14-7-4-8-15-20/h3-16,22-24,30H,17H2,1-2H3,(H,28,32)(H,29,31)/t22-,23-,24+/m0/s1. The third-order valence-electron chi connectivity index (χ3n) is 5.55. The summed E-state index contributed by atoms with van der Waals surface area (Å²) in [5, 5.41) is 16.3. The quantitative estimate of drug-likeness (QED) is 0.426. The predicted molar refractivity (Wildman–Crippen MR) is 128 cm³/mol. The third-order valence-corrected chi connectivity index (χ3v) is 5.55. The molecule has 0 saturated carbocycles. The van der Waals surface area contributed by atoms with Crippen molar-refractivity contribution in [2.75, 3.05) is 7.11 Å². The van der Waals surface area contributed by atoms with Gasteiger partial charge in [0.1, 0.15) is 6.04 Å². The number of aliphatic hydroxyl groups excluding tert-OH is 1. The fourth-order valence-electron chi connectivity index (χ4n) is 3.62. The van der Waals surface area contributed by atoms with Crippen LogP contribution in [-0.2, 0) is 20.7 Å². The second kappa shape index (κ2) is 11.8. The van der Waals surface area contributed by atoms with E-state index in [1.54, 1.807) is 60.7 Å². The second-order valence-electron chi connectivity index (χ2n) is 7.89. The highest BCUT2D eigenvalue weighted by atomic mass is 16.5. The molecule has 7 nitrogen and oxygen atoms in total. The first-order valence-corrected chi connectivity index (χ1v) is 10.9. The van der Waals surface area contributed by atoms with Crippen molar-refractivity contribution in [2.45, 2.75) is 31.5 Å². The molecular weight excluding hydrogens is 432 g/mol. The first-order chi connectivity index (χ1) is 16.4. The number of methoxy groups -OCH3 is 1. The van der Waals surface area contributed by atoms with Gasteiger partial charge in [0.2, 0.25) is 0 Å². The van der Waals surface area contributed by atoms with Crippen molar-refractivity contribution >= 4 is 17.8 Å². The van der Waals surface area contributed by atoms with Crippen LogP contribution in [0, 0.1) is 6.92 Å². The summed E-state index contributed by atoms with van der Waals surface area (Å²) in [6, 6.07) is 22.7. The molecule has 0 aliphatic heterocycles.